The third-order valence-corrected chi connectivity index (χ3v) is 15.4. The molecule has 0 aromatic heterocycles. The molecule has 96 heavy (non-hydrogen) atoms. The SMILES string of the molecule is COC(=O)C(Cc1ccccc1)NC(=O)/C=C/c1ccc(OC)c2c1C(C(=O)NC(Cc1ccccc1)C(=O)OC)C(c1ccc(OC)c(OC)c1)O2.COC(=O)C(N)Cc1ccccc1.COc1ccc(C2Oc3c(OC)ccc(/C=C/C(=O)O)c3C2C(=O)O)cc1OC.Cl. The Balaban J connectivity index is 0.000000281. The second-order valence-electron chi connectivity index (χ2n) is 21.2. The first kappa shape index (κ1) is 74.0. The highest BCUT2D eigenvalue weighted by Crippen LogP contribution is 2.54. The molecule has 2 aliphatic heterocycles. The van der Waals surface area contributed by atoms with E-state index < -0.39 is 77.9 Å². The van der Waals surface area contributed by atoms with Crippen LogP contribution in [-0.4, -0.2) is 134 Å². The standard InChI is InChI=1S/C41H42N2O10.C21H20O8.C10H13NO2.ClH/c1-48-31-19-17-28(24-33(31)50-3)37-36(39(45)43-30(41(47)52-5)23-26-14-10-7-11-15-26)35-27(16-20-32(49-2)38(35)53-37)18-21-34(44)42-29(40(46)51-4)22-25-12-8-6-9-13-25;1-26-13-7-5-12(10-15(13)28-3)19-18(21(24)25)17-11(6-9-16(22)23)4-8-14(27-2)20(17)29-19;1-13-10(12)9(11)7-8-5-3-2-4-6-8;/h6-21,24,29-30,36-37H,22-23H2,1-5H3,(H,42,44)(H,43,45);4-10,18-19H,1-3H3,(H,22,23)(H,24,25);2-6,9H,7,11H2,1H3;1H/b21-18+;9-6+;;. The van der Waals surface area contributed by atoms with Crippen LogP contribution in [0.15, 0.2) is 164 Å². The average Bonchev–Trinajstić information content (AvgIpc) is 1.61. The molecule has 0 saturated heterocycles. The largest absolute Gasteiger partial charge is 0.493 e. The number of amides is 2. The molecule has 6 N–H and O–H groups in total. The van der Waals surface area contributed by atoms with Crippen molar-refractivity contribution in [1.29, 1.82) is 0 Å². The monoisotopic (exact) mass is 1340 g/mol. The fourth-order valence-electron chi connectivity index (χ4n) is 10.8. The summed E-state index contributed by atoms with van der Waals surface area (Å²) in [4.78, 5) is 87.6. The molecule has 2 aliphatic rings. The van der Waals surface area contributed by atoms with Crippen LogP contribution in [0.2, 0.25) is 0 Å². The number of methoxy groups -OCH3 is 9. The number of fused-ring (bicyclic) bond motifs is 2. The zero-order valence-corrected chi connectivity index (χ0v) is 55.0. The van der Waals surface area contributed by atoms with Gasteiger partial charge in [-0.25, -0.2) is 14.4 Å². The molecule has 2 heterocycles. The number of ether oxygens (including phenoxy) is 11. The van der Waals surface area contributed by atoms with Crippen molar-refractivity contribution in [3.8, 4) is 46.0 Å². The highest BCUT2D eigenvalue weighted by atomic mass is 35.5. The van der Waals surface area contributed by atoms with E-state index in [2.05, 4.69) is 15.4 Å². The van der Waals surface area contributed by atoms with Gasteiger partial charge >= 0.3 is 29.8 Å². The molecule has 7 aromatic rings. The topological polar surface area (TPSA) is 312 Å². The molecule has 0 spiro atoms. The van der Waals surface area contributed by atoms with Gasteiger partial charge in [-0.3, -0.25) is 19.2 Å². The van der Waals surface area contributed by atoms with Crippen molar-refractivity contribution >= 4 is 66.2 Å². The molecule has 7 unspecified atom stereocenters. The maximum atomic E-state index is 14.6. The number of carbonyl (C=O) groups excluding carboxylic acids is 5. The lowest BCUT2D eigenvalue weighted by atomic mass is 9.86. The third kappa shape index (κ3) is 18.6. The summed E-state index contributed by atoms with van der Waals surface area (Å²) in [5, 5.41) is 24.5. The van der Waals surface area contributed by atoms with Gasteiger partial charge in [0.2, 0.25) is 11.8 Å². The molecular weight excluding hydrogens is 1260 g/mol. The molecule has 0 aliphatic carbocycles. The quantitative estimate of drug-likeness (QED) is 0.0202. The fourth-order valence-corrected chi connectivity index (χ4v) is 10.8. The Morgan fingerprint density at radius 1 is 0.458 bits per heavy atom. The Kier molecular flexibility index (Phi) is 27.6. The van der Waals surface area contributed by atoms with E-state index in [-0.39, 0.29) is 42.7 Å². The van der Waals surface area contributed by atoms with E-state index in [1.54, 1.807) is 60.7 Å². The highest BCUT2D eigenvalue weighted by molar-refractivity contribution is 5.97. The van der Waals surface area contributed by atoms with Crippen molar-refractivity contribution in [2.75, 3.05) is 64.0 Å². The molecule has 7 aromatic carbocycles. The molecule has 2 amide bonds. The van der Waals surface area contributed by atoms with Crippen LogP contribution in [-0.2, 0) is 67.0 Å². The number of carboxylic acids is 2. The summed E-state index contributed by atoms with van der Waals surface area (Å²) >= 11 is 0. The normalized spacial score (nSPS) is 15.6. The van der Waals surface area contributed by atoms with Crippen LogP contribution in [0, 0.1) is 0 Å². The number of aliphatic carboxylic acids is 2. The summed E-state index contributed by atoms with van der Waals surface area (Å²) in [6.07, 6.45) is 4.23. The lowest BCUT2D eigenvalue weighted by molar-refractivity contribution is -0.145. The van der Waals surface area contributed by atoms with E-state index in [9.17, 15) is 38.7 Å². The van der Waals surface area contributed by atoms with E-state index in [1.807, 2.05) is 91.0 Å². The second-order valence-corrected chi connectivity index (χ2v) is 21.2. The van der Waals surface area contributed by atoms with Crippen molar-refractivity contribution in [2.24, 2.45) is 5.73 Å². The number of carboxylic acid groups (broad SMARTS) is 2. The van der Waals surface area contributed by atoms with Gasteiger partial charge in [-0.05, 0) is 93.9 Å². The minimum absolute atomic E-state index is 0. The highest BCUT2D eigenvalue weighted by Gasteiger charge is 2.46. The lowest BCUT2D eigenvalue weighted by Crippen LogP contribution is -2.45. The molecule has 0 saturated carbocycles. The van der Waals surface area contributed by atoms with Crippen molar-refractivity contribution in [1.82, 2.24) is 10.6 Å². The summed E-state index contributed by atoms with van der Waals surface area (Å²) in [7, 11) is 12.8. The van der Waals surface area contributed by atoms with Gasteiger partial charge in [-0.15, -0.1) is 12.4 Å². The van der Waals surface area contributed by atoms with Crippen LogP contribution in [0.25, 0.3) is 12.2 Å². The zero-order chi connectivity index (χ0) is 68.7. The van der Waals surface area contributed by atoms with E-state index in [0.717, 1.165) is 22.8 Å². The van der Waals surface area contributed by atoms with E-state index >= 15 is 0 Å². The molecule has 24 heteroatoms. The maximum absolute atomic E-state index is 14.6. The first-order valence-corrected chi connectivity index (χ1v) is 29.6. The number of halogens is 1. The van der Waals surface area contributed by atoms with Crippen molar-refractivity contribution < 1.29 is 95.9 Å². The summed E-state index contributed by atoms with van der Waals surface area (Å²) < 4.78 is 59.7. The number of esters is 3. The maximum Gasteiger partial charge on any atom is 0.328 e. The number of hydrogen-bond acceptors (Lipinski definition) is 19. The number of nitrogens with two attached hydrogens (primary N) is 1. The number of nitrogens with one attached hydrogen (secondary N) is 2. The molecule has 9 rings (SSSR count). The van der Waals surface area contributed by atoms with Crippen LogP contribution in [0.3, 0.4) is 0 Å². The van der Waals surface area contributed by atoms with Crippen molar-refractivity contribution in [2.45, 2.75) is 61.4 Å². The first-order chi connectivity index (χ1) is 45.8. The molecule has 7 atom stereocenters. The molecule has 506 valence electrons. The van der Waals surface area contributed by atoms with Crippen molar-refractivity contribution in [3.63, 3.8) is 0 Å². The molecule has 23 nitrogen and oxygen atoms in total. The number of hydrogen-bond donors (Lipinski definition) is 5. The molecule has 0 bridgehead atoms. The minimum atomic E-state index is -1.14. The van der Waals surface area contributed by atoms with Gasteiger partial charge in [-0.2, -0.15) is 0 Å². The Labute approximate surface area is 561 Å². The van der Waals surface area contributed by atoms with Gasteiger partial charge in [0.15, 0.2) is 46.0 Å². The Bertz CT molecular complexity index is 3890. The summed E-state index contributed by atoms with van der Waals surface area (Å²) in [6, 6.07) is 42.4. The van der Waals surface area contributed by atoms with Gasteiger partial charge in [0.25, 0.3) is 0 Å². The first-order valence-electron chi connectivity index (χ1n) is 29.6. The van der Waals surface area contributed by atoms with E-state index in [1.165, 1.54) is 82.2 Å². The minimum Gasteiger partial charge on any atom is -0.493 e. The van der Waals surface area contributed by atoms with Crippen LogP contribution >= 0.6 is 12.4 Å². The Morgan fingerprint density at radius 2 is 0.833 bits per heavy atom. The Morgan fingerprint density at radius 3 is 1.23 bits per heavy atom. The zero-order valence-electron chi connectivity index (χ0n) is 54.1. The predicted octanol–water partition coefficient (Wildman–Crippen LogP) is 9.01. The summed E-state index contributed by atoms with van der Waals surface area (Å²) in [5.41, 5.74) is 11.1. The Hall–Kier alpha value is -11.0. The van der Waals surface area contributed by atoms with E-state index in [0.29, 0.717) is 74.3 Å². The number of carbonyl (C=O) groups is 7. The molecule has 0 radical (unpaired) electrons. The lowest BCUT2D eigenvalue weighted by Gasteiger charge is -2.23. The number of benzene rings is 7. The summed E-state index contributed by atoms with van der Waals surface area (Å²) in [5.74, 6) is -3.97. The van der Waals surface area contributed by atoms with Gasteiger partial charge in [0.1, 0.15) is 42.2 Å². The third-order valence-electron chi connectivity index (χ3n) is 15.4. The van der Waals surface area contributed by atoms with Gasteiger partial charge in [-0.1, -0.05) is 115 Å². The van der Waals surface area contributed by atoms with Gasteiger partial charge in [0, 0.05) is 36.1 Å². The number of rotatable bonds is 25. The average molecular weight is 1340 g/mol. The molecule has 0 fully saturated rings. The van der Waals surface area contributed by atoms with Crippen LogP contribution < -0.4 is 54.3 Å². The fraction of sp³-hybridized carbons (Fsp3) is 0.264. The van der Waals surface area contributed by atoms with Crippen LogP contribution in [0.5, 0.6) is 46.0 Å². The van der Waals surface area contributed by atoms with E-state index in [4.69, 9.17) is 58.2 Å². The van der Waals surface area contributed by atoms with Crippen LogP contribution in [0.4, 0.5) is 0 Å². The smallest absolute Gasteiger partial charge is 0.328 e. The van der Waals surface area contributed by atoms with Gasteiger partial charge in [0.05, 0.1) is 64.0 Å². The second kappa shape index (κ2) is 35.8. The summed E-state index contributed by atoms with van der Waals surface area (Å²) in [6.45, 7) is 0. The molecular formula is C72H76ClN3O20. The van der Waals surface area contributed by atoms with Crippen molar-refractivity contribution in [3.05, 3.63) is 214 Å². The van der Waals surface area contributed by atoms with Gasteiger partial charge < -0.3 is 78.7 Å². The van der Waals surface area contributed by atoms with Crippen LogP contribution in [0.1, 0.15) is 74.1 Å². The predicted molar refractivity (Wildman–Crippen MR) is 356 cm³/mol.